The molecule has 16 heavy (non-hydrogen) atoms. The SMILES string of the molecule is CCNc1nc(C)cc(Nc2ccsc2)n1. The Labute approximate surface area is 98.8 Å². The van der Waals surface area contributed by atoms with Crippen molar-refractivity contribution in [3.63, 3.8) is 0 Å². The van der Waals surface area contributed by atoms with Gasteiger partial charge in [0.2, 0.25) is 5.95 Å². The number of thiophene rings is 1. The molecule has 5 heteroatoms. The molecule has 0 aliphatic rings. The van der Waals surface area contributed by atoms with E-state index < -0.39 is 0 Å². The number of aromatic nitrogens is 2. The fraction of sp³-hybridized carbons (Fsp3) is 0.273. The number of hydrogen-bond donors (Lipinski definition) is 2. The summed E-state index contributed by atoms with van der Waals surface area (Å²) in [6.07, 6.45) is 0. The molecule has 0 amide bonds. The Hall–Kier alpha value is -1.62. The van der Waals surface area contributed by atoms with Crippen LogP contribution in [0.25, 0.3) is 0 Å². The van der Waals surface area contributed by atoms with Gasteiger partial charge in [0.25, 0.3) is 0 Å². The summed E-state index contributed by atoms with van der Waals surface area (Å²) in [6.45, 7) is 4.81. The number of nitrogens with zero attached hydrogens (tertiary/aromatic N) is 2. The summed E-state index contributed by atoms with van der Waals surface area (Å²) in [5, 5.41) is 10.4. The second-order valence-corrected chi connectivity index (χ2v) is 4.17. The van der Waals surface area contributed by atoms with E-state index in [-0.39, 0.29) is 0 Å². The minimum absolute atomic E-state index is 0.667. The lowest BCUT2D eigenvalue weighted by atomic mass is 10.4. The van der Waals surface area contributed by atoms with Crippen LogP contribution in [0.1, 0.15) is 12.6 Å². The highest BCUT2D eigenvalue weighted by atomic mass is 32.1. The molecule has 84 valence electrons. The Bertz CT molecular complexity index is 453. The standard InChI is InChI=1S/C11H14N4S/c1-3-12-11-13-8(2)6-10(15-11)14-9-4-5-16-7-9/h4-7H,3H2,1-2H3,(H2,12,13,14,15). The average Bonchev–Trinajstić information content (AvgIpc) is 2.70. The smallest absolute Gasteiger partial charge is 0.224 e. The fourth-order valence-electron chi connectivity index (χ4n) is 1.35. The van der Waals surface area contributed by atoms with Gasteiger partial charge < -0.3 is 10.6 Å². The molecular formula is C11H14N4S. The predicted molar refractivity (Wildman–Crippen MR) is 68.5 cm³/mol. The first-order chi connectivity index (χ1) is 7.78. The topological polar surface area (TPSA) is 49.8 Å². The molecule has 0 atom stereocenters. The third kappa shape index (κ3) is 2.70. The lowest BCUT2D eigenvalue weighted by Gasteiger charge is -2.07. The molecular weight excluding hydrogens is 220 g/mol. The van der Waals surface area contributed by atoms with Crippen molar-refractivity contribution in [2.24, 2.45) is 0 Å². The molecule has 0 aliphatic carbocycles. The first-order valence-corrected chi connectivity index (χ1v) is 6.11. The van der Waals surface area contributed by atoms with Gasteiger partial charge in [-0.15, -0.1) is 0 Å². The Balaban J connectivity index is 2.20. The maximum Gasteiger partial charge on any atom is 0.224 e. The summed E-state index contributed by atoms with van der Waals surface area (Å²) in [5.74, 6) is 1.49. The van der Waals surface area contributed by atoms with Crippen LogP contribution in [0.5, 0.6) is 0 Å². The maximum absolute atomic E-state index is 4.37. The molecule has 0 unspecified atom stereocenters. The number of nitrogens with one attached hydrogen (secondary N) is 2. The minimum atomic E-state index is 0.667. The van der Waals surface area contributed by atoms with Crippen molar-refractivity contribution in [2.75, 3.05) is 17.2 Å². The quantitative estimate of drug-likeness (QED) is 0.853. The van der Waals surface area contributed by atoms with Crippen LogP contribution in [0.3, 0.4) is 0 Å². The van der Waals surface area contributed by atoms with Gasteiger partial charge in [-0.2, -0.15) is 16.3 Å². The molecule has 2 heterocycles. The molecule has 2 aromatic heterocycles. The van der Waals surface area contributed by atoms with E-state index >= 15 is 0 Å². The second kappa shape index (κ2) is 4.94. The number of hydrogen-bond acceptors (Lipinski definition) is 5. The van der Waals surface area contributed by atoms with Crippen molar-refractivity contribution in [1.82, 2.24) is 9.97 Å². The molecule has 0 saturated heterocycles. The Morgan fingerprint density at radius 2 is 2.25 bits per heavy atom. The molecule has 0 saturated carbocycles. The van der Waals surface area contributed by atoms with Crippen molar-refractivity contribution < 1.29 is 0 Å². The van der Waals surface area contributed by atoms with Crippen LogP contribution in [-0.2, 0) is 0 Å². The van der Waals surface area contributed by atoms with Crippen molar-refractivity contribution in [3.05, 3.63) is 28.6 Å². The second-order valence-electron chi connectivity index (χ2n) is 3.39. The van der Waals surface area contributed by atoms with Gasteiger partial charge in [-0.3, -0.25) is 0 Å². The average molecular weight is 234 g/mol. The molecule has 2 rings (SSSR count). The molecule has 0 aliphatic heterocycles. The Morgan fingerprint density at radius 1 is 1.38 bits per heavy atom. The van der Waals surface area contributed by atoms with Gasteiger partial charge in [0.1, 0.15) is 5.82 Å². The van der Waals surface area contributed by atoms with Crippen LogP contribution >= 0.6 is 11.3 Å². The number of rotatable bonds is 4. The predicted octanol–water partition coefficient (Wildman–Crippen LogP) is 3.02. The first kappa shape index (κ1) is 10.9. The molecule has 2 aromatic rings. The van der Waals surface area contributed by atoms with Gasteiger partial charge in [0.05, 0.1) is 5.69 Å². The van der Waals surface area contributed by atoms with Gasteiger partial charge in [0.15, 0.2) is 0 Å². The molecule has 0 bridgehead atoms. The number of anilines is 3. The Kier molecular flexibility index (Phi) is 3.36. The molecule has 2 N–H and O–H groups in total. The zero-order chi connectivity index (χ0) is 11.4. The van der Waals surface area contributed by atoms with Gasteiger partial charge in [0, 0.05) is 23.7 Å². The van der Waals surface area contributed by atoms with Crippen LogP contribution < -0.4 is 10.6 Å². The van der Waals surface area contributed by atoms with Gasteiger partial charge in [-0.25, -0.2) is 4.98 Å². The van der Waals surface area contributed by atoms with E-state index in [4.69, 9.17) is 0 Å². The largest absolute Gasteiger partial charge is 0.354 e. The van der Waals surface area contributed by atoms with Gasteiger partial charge in [-0.05, 0) is 25.3 Å². The van der Waals surface area contributed by atoms with Gasteiger partial charge in [-0.1, -0.05) is 0 Å². The molecule has 0 aromatic carbocycles. The third-order valence-electron chi connectivity index (χ3n) is 1.98. The van der Waals surface area contributed by atoms with Crippen LogP contribution in [0.4, 0.5) is 17.5 Å². The third-order valence-corrected chi connectivity index (χ3v) is 2.67. The highest BCUT2D eigenvalue weighted by molar-refractivity contribution is 7.08. The lowest BCUT2D eigenvalue weighted by molar-refractivity contribution is 1.05. The minimum Gasteiger partial charge on any atom is -0.354 e. The molecule has 0 spiro atoms. The molecule has 0 radical (unpaired) electrons. The van der Waals surface area contributed by atoms with E-state index in [0.717, 1.165) is 23.7 Å². The van der Waals surface area contributed by atoms with Crippen LogP contribution in [0.2, 0.25) is 0 Å². The van der Waals surface area contributed by atoms with E-state index in [2.05, 4.69) is 20.6 Å². The van der Waals surface area contributed by atoms with Crippen molar-refractivity contribution >= 4 is 28.8 Å². The molecule has 0 fully saturated rings. The summed E-state index contributed by atoms with van der Waals surface area (Å²) in [5.41, 5.74) is 2.01. The van der Waals surface area contributed by atoms with E-state index in [0.29, 0.717) is 5.95 Å². The van der Waals surface area contributed by atoms with Crippen LogP contribution in [0, 0.1) is 6.92 Å². The first-order valence-electron chi connectivity index (χ1n) is 5.16. The fourth-order valence-corrected chi connectivity index (χ4v) is 1.94. The highest BCUT2D eigenvalue weighted by Gasteiger charge is 2.01. The van der Waals surface area contributed by atoms with Crippen molar-refractivity contribution in [1.29, 1.82) is 0 Å². The zero-order valence-electron chi connectivity index (χ0n) is 9.32. The van der Waals surface area contributed by atoms with Crippen LogP contribution in [0.15, 0.2) is 22.9 Å². The van der Waals surface area contributed by atoms with E-state index in [1.807, 2.05) is 36.7 Å². The van der Waals surface area contributed by atoms with Crippen molar-refractivity contribution in [2.45, 2.75) is 13.8 Å². The maximum atomic E-state index is 4.37. The molecule has 4 nitrogen and oxygen atoms in total. The highest BCUT2D eigenvalue weighted by Crippen LogP contribution is 2.18. The van der Waals surface area contributed by atoms with Crippen molar-refractivity contribution in [3.8, 4) is 0 Å². The lowest BCUT2D eigenvalue weighted by Crippen LogP contribution is -2.05. The summed E-state index contributed by atoms with van der Waals surface area (Å²) >= 11 is 1.66. The normalized spacial score (nSPS) is 10.1. The zero-order valence-corrected chi connectivity index (χ0v) is 10.1. The summed E-state index contributed by atoms with van der Waals surface area (Å²) in [6, 6.07) is 3.95. The monoisotopic (exact) mass is 234 g/mol. The summed E-state index contributed by atoms with van der Waals surface area (Å²) < 4.78 is 0. The Morgan fingerprint density at radius 3 is 2.94 bits per heavy atom. The van der Waals surface area contributed by atoms with Crippen LogP contribution in [-0.4, -0.2) is 16.5 Å². The summed E-state index contributed by atoms with van der Waals surface area (Å²) in [4.78, 5) is 8.66. The van der Waals surface area contributed by atoms with E-state index in [1.54, 1.807) is 11.3 Å². The van der Waals surface area contributed by atoms with Gasteiger partial charge >= 0.3 is 0 Å². The van der Waals surface area contributed by atoms with E-state index in [9.17, 15) is 0 Å². The van der Waals surface area contributed by atoms with E-state index in [1.165, 1.54) is 0 Å². The summed E-state index contributed by atoms with van der Waals surface area (Å²) in [7, 11) is 0. The number of aryl methyl sites for hydroxylation is 1.